The number of nitrogens with zero attached hydrogens (tertiary/aromatic N) is 1. The lowest BCUT2D eigenvalue weighted by atomic mass is 9.94. The Morgan fingerprint density at radius 3 is 1.66 bits per heavy atom. The van der Waals surface area contributed by atoms with Crippen LogP contribution in [0, 0.1) is 0 Å². The van der Waals surface area contributed by atoms with Gasteiger partial charge in [-0.2, -0.15) is 0 Å². The topological polar surface area (TPSA) is 16.4 Å². The van der Waals surface area contributed by atoms with Crippen LogP contribution < -0.4 is 4.90 Å². The van der Waals surface area contributed by atoms with Gasteiger partial charge in [-0.15, -0.1) is 0 Å². The van der Waals surface area contributed by atoms with E-state index in [1.807, 2.05) is 6.07 Å². The van der Waals surface area contributed by atoms with Gasteiger partial charge in [0.05, 0.1) is 5.69 Å². The zero-order chi connectivity index (χ0) is 38.4. The maximum Gasteiger partial charge on any atom is 0.143 e. The number of hydrogen-bond acceptors (Lipinski definition) is 2. The van der Waals surface area contributed by atoms with Gasteiger partial charge in [-0.3, -0.25) is 0 Å². The van der Waals surface area contributed by atoms with Crippen LogP contribution in [0.3, 0.4) is 0 Å². The maximum absolute atomic E-state index is 6.65. The van der Waals surface area contributed by atoms with Crippen LogP contribution in [0.15, 0.2) is 229 Å². The molecule has 0 radical (unpaired) electrons. The van der Waals surface area contributed by atoms with E-state index >= 15 is 0 Å². The van der Waals surface area contributed by atoms with Gasteiger partial charge in [-0.1, -0.05) is 170 Å². The summed E-state index contributed by atoms with van der Waals surface area (Å²) >= 11 is 0. The number of benzene rings is 10. The molecule has 1 heterocycles. The predicted octanol–water partition coefficient (Wildman–Crippen LogP) is 16.0. The molecule has 0 saturated heterocycles. The second-order valence-electron chi connectivity index (χ2n) is 14.9. The second kappa shape index (κ2) is 14.1. The molecule has 10 aromatic carbocycles. The van der Waals surface area contributed by atoms with Crippen LogP contribution in [0.5, 0.6) is 0 Å². The summed E-state index contributed by atoms with van der Waals surface area (Å²) in [5.41, 5.74) is 14.4. The van der Waals surface area contributed by atoms with Gasteiger partial charge in [0.15, 0.2) is 0 Å². The van der Waals surface area contributed by atoms with E-state index in [1.165, 1.54) is 44.2 Å². The van der Waals surface area contributed by atoms with Crippen molar-refractivity contribution in [1.82, 2.24) is 0 Å². The van der Waals surface area contributed by atoms with Crippen LogP contribution in [0.25, 0.3) is 88.0 Å². The number of rotatable bonds is 7. The molecular weight excluding hydrogens is 703 g/mol. The molecule has 272 valence electrons. The van der Waals surface area contributed by atoms with Gasteiger partial charge < -0.3 is 9.32 Å². The lowest BCUT2D eigenvalue weighted by molar-refractivity contribution is 0.673. The quantitative estimate of drug-likeness (QED) is 0.162. The van der Waals surface area contributed by atoms with Gasteiger partial charge in [0.2, 0.25) is 0 Å². The zero-order valence-corrected chi connectivity index (χ0v) is 31.7. The highest BCUT2D eigenvalue weighted by Gasteiger charge is 2.21. The Bertz CT molecular complexity index is 3270. The summed E-state index contributed by atoms with van der Waals surface area (Å²) in [5.74, 6) is 0. The first-order valence-corrected chi connectivity index (χ1v) is 19.8. The van der Waals surface area contributed by atoms with Crippen molar-refractivity contribution in [2.75, 3.05) is 4.90 Å². The number of hydrogen-bond donors (Lipinski definition) is 0. The van der Waals surface area contributed by atoms with Crippen molar-refractivity contribution in [3.63, 3.8) is 0 Å². The van der Waals surface area contributed by atoms with Gasteiger partial charge in [-0.05, 0) is 110 Å². The highest BCUT2D eigenvalue weighted by molar-refractivity contribution is 6.19. The van der Waals surface area contributed by atoms with E-state index in [0.29, 0.717) is 0 Å². The summed E-state index contributed by atoms with van der Waals surface area (Å²) in [7, 11) is 0. The molecule has 0 fully saturated rings. The van der Waals surface area contributed by atoms with Crippen LogP contribution in [0.1, 0.15) is 0 Å². The highest BCUT2D eigenvalue weighted by atomic mass is 16.3. The molecule has 0 amide bonds. The Hall–Kier alpha value is -7.68. The van der Waals surface area contributed by atoms with E-state index < -0.39 is 0 Å². The Balaban J connectivity index is 1.05. The molecule has 0 aliphatic rings. The number of furan rings is 1. The van der Waals surface area contributed by atoms with Crippen LogP contribution in [-0.2, 0) is 0 Å². The van der Waals surface area contributed by atoms with E-state index in [4.69, 9.17) is 4.42 Å². The largest absolute Gasteiger partial charge is 0.455 e. The molecule has 1 aromatic heterocycles. The van der Waals surface area contributed by atoms with Crippen molar-refractivity contribution in [3.05, 3.63) is 224 Å². The number of fused-ring (bicyclic) bond motifs is 6. The molecule has 11 aromatic rings. The number of anilines is 3. The smallest absolute Gasteiger partial charge is 0.143 e. The van der Waals surface area contributed by atoms with Crippen molar-refractivity contribution in [2.45, 2.75) is 0 Å². The van der Waals surface area contributed by atoms with E-state index in [-0.39, 0.29) is 0 Å². The zero-order valence-electron chi connectivity index (χ0n) is 31.7. The first kappa shape index (κ1) is 33.6. The van der Waals surface area contributed by atoms with Gasteiger partial charge >= 0.3 is 0 Å². The SMILES string of the molecule is c1ccc(-c2ccc(N(c3ccc(-c4cccc(-c5ccc6ccccc6c5)c4)cc3)c3ccccc3-c3cccc4ccc5c6ccccc6oc5c34)cc2)cc1. The lowest BCUT2D eigenvalue weighted by Gasteiger charge is -2.28. The summed E-state index contributed by atoms with van der Waals surface area (Å²) in [6, 6.07) is 80.7. The highest BCUT2D eigenvalue weighted by Crippen LogP contribution is 2.46. The van der Waals surface area contributed by atoms with Crippen molar-refractivity contribution in [1.29, 1.82) is 0 Å². The Labute approximate surface area is 337 Å². The lowest BCUT2D eigenvalue weighted by Crippen LogP contribution is -2.11. The van der Waals surface area contributed by atoms with Gasteiger partial charge in [0, 0.05) is 33.1 Å². The van der Waals surface area contributed by atoms with Gasteiger partial charge in [0.1, 0.15) is 11.2 Å². The summed E-state index contributed by atoms with van der Waals surface area (Å²) in [6.45, 7) is 0. The average Bonchev–Trinajstić information content (AvgIpc) is 3.69. The molecule has 2 heteroatoms. The third-order valence-corrected chi connectivity index (χ3v) is 11.5. The van der Waals surface area contributed by atoms with Crippen LogP contribution >= 0.6 is 0 Å². The summed E-state index contributed by atoms with van der Waals surface area (Å²) in [5, 5.41) is 7.02. The number of para-hydroxylation sites is 2. The Kier molecular flexibility index (Phi) is 8.19. The average molecular weight is 740 g/mol. The summed E-state index contributed by atoms with van der Waals surface area (Å²) in [4.78, 5) is 2.39. The fourth-order valence-corrected chi connectivity index (χ4v) is 8.58. The third kappa shape index (κ3) is 5.91. The minimum atomic E-state index is 0.899. The van der Waals surface area contributed by atoms with Crippen molar-refractivity contribution >= 4 is 60.5 Å². The molecule has 0 atom stereocenters. The van der Waals surface area contributed by atoms with E-state index in [0.717, 1.165) is 60.9 Å². The second-order valence-corrected chi connectivity index (χ2v) is 14.9. The monoisotopic (exact) mass is 739 g/mol. The van der Waals surface area contributed by atoms with Crippen molar-refractivity contribution in [3.8, 4) is 44.5 Å². The summed E-state index contributed by atoms with van der Waals surface area (Å²) in [6.07, 6.45) is 0. The van der Waals surface area contributed by atoms with Gasteiger partial charge in [0.25, 0.3) is 0 Å². The molecule has 0 aliphatic heterocycles. The maximum atomic E-state index is 6.65. The molecule has 0 unspecified atom stereocenters. The molecule has 0 aliphatic carbocycles. The first-order valence-electron chi connectivity index (χ1n) is 19.8. The van der Waals surface area contributed by atoms with E-state index in [1.54, 1.807) is 0 Å². The molecule has 58 heavy (non-hydrogen) atoms. The van der Waals surface area contributed by atoms with Gasteiger partial charge in [-0.25, -0.2) is 0 Å². The molecule has 0 spiro atoms. The van der Waals surface area contributed by atoms with Crippen LogP contribution in [-0.4, -0.2) is 0 Å². The third-order valence-electron chi connectivity index (χ3n) is 11.5. The molecule has 0 N–H and O–H groups in total. The van der Waals surface area contributed by atoms with Crippen LogP contribution in [0.2, 0.25) is 0 Å². The van der Waals surface area contributed by atoms with E-state index in [2.05, 4.69) is 223 Å². The molecule has 11 rings (SSSR count). The summed E-state index contributed by atoms with van der Waals surface area (Å²) < 4.78 is 6.65. The fourth-order valence-electron chi connectivity index (χ4n) is 8.58. The van der Waals surface area contributed by atoms with Crippen molar-refractivity contribution in [2.24, 2.45) is 0 Å². The standard InChI is InChI=1S/C56H37NO/c1-2-12-38(13-3-1)40-26-31-47(32-27-40)57(48-33-28-41(29-34-48)44-17-10-18-45(36-44)46-25-24-39-14-4-5-15-43(39)37-46)53-22-8-6-19-49(53)51-21-11-16-42-30-35-52-50-20-7-9-23-54(50)58-56(52)55(42)51/h1-37H. The minimum absolute atomic E-state index is 0.899. The molecular formula is C56H37NO. The normalized spacial score (nSPS) is 11.4. The van der Waals surface area contributed by atoms with E-state index in [9.17, 15) is 0 Å². The molecule has 0 bridgehead atoms. The first-order chi connectivity index (χ1) is 28.7. The Morgan fingerprint density at radius 2 is 0.845 bits per heavy atom. The van der Waals surface area contributed by atoms with Crippen molar-refractivity contribution < 1.29 is 4.42 Å². The molecule has 0 saturated carbocycles. The predicted molar refractivity (Wildman–Crippen MR) is 245 cm³/mol. The van der Waals surface area contributed by atoms with Crippen LogP contribution in [0.4, 0.5) is 17.1 Å². The fraction of sp³-hybridized carbons (Fsp3) is 0. The molecule has 2 nitrogen and oxygen atoms in total. The minimum Gasteiger partial charge on any atom is -0.455 e. The Morgan fingerprint density at radius 1 is 0.310 bits per heavy atom.